The van der Waals surface area contributed by atoms with Gasteiger partial charge < -0.3 is 5.11 Å². The minimum atomic E-state index is 0.204. The maximum Gasteiger partial charge on any atom is 0.146 e. The molecule has 98 valence electrons. The fourth-order valence-corrected chi connectivity index (χ4v) is 2.01. The lowest BCUT2D eigenvalue weighted by atomic mass is 10.0. The van der Waals surface area contributed by atoms with Gasteiger partial charge in [0.1, 0.15) is 11.6 Å². The van der Waals surface area contributed by atoms with Crippen molar-refractivity contribution in [1.82, 2.24) is 4.98 Å². The number of rotatable bonds is 3. The van der Waals surface area contributed by atoms with Crippen LogP contribution in [-0.2, 0) is 0 Å². The Balaban J connectivity index is 1.92. The van der Waals surface area contributed by atoms with E-state index < -0.39 is 0 Å². The van der Waals surface area contributed by atoms with Crippen LogP contribution in [0.3, 0.4) is 0 Å². The number of fused-ring (bicyclic) bond motifs is 1. The average molecular weight is 263 g/mol. The van der Waals surface area contributed by atoms with E-state index in [1.54, 1.807) is 18.5 Å². The highest BCUT2D eigenvalue weighted by Gasteiger charge is 2.03. The molecule has 4 nitrogen and oxygen atoms in total. The summed E-state index contributed by atoms with van der Waals surface area (Å²) in [7, 11) is 0. The molecular formula is C16H13N3O. The lowest BCUT2D eigenvalue weighted by Gasteiger charge is -2.04. The van der Waals surface area contributed by atoms with Gasteiger partial charge in [0.25, 0.3) is 0 Å². The van der Waals surface area contributed by atoms with Gasteiger partial charge in [-0.15, -0.1) is 0 Å². The van der Waals surface area contributed by atoms with Crippen molar-refractivity contribution in [3.05, 3.63) is 66.4 Å². The summed E-state index contributed by atoms with van der Waals surface area (Å²) in [5, 5.41) is 16.1. The van der Waals surface area contributed by atoms with Gasteiger partial charge in [0.2, 0.25) is 0 Å². The number of hydrazone groups is 1. The van der Waals surface area contributed by atoms with Crippen molar-refractivity contribution < 1.29 is 5.11 Å². The zero-order valence-electron chi connectivity index (χ0n) is 10.7. The first-order valence-electron chi connectivity index (χ1n) is 6.25. The van der Waals surface area contributed by atoms with Gasteiger partial charge in [0, 0.05) is 11.8 Å². The van der Waals surface area contributed by atoms with Gasteiger partial charge in [0.05, 0.1) is 6.21 Å². The molecule has 1 heterocycles. The number of pyridine rings is 1. The quantitative estimate of drug-likeness (QED) is 0.562. The zero-order chi connectivity index (χ0) is 13.8. The van der Waals surface area contributed by atoms with Crippen molar-refractivity contribution >= 4 is 22.8 Å². The van der Waals surface area contributed by atoms with Crippen molar-refractivity contribution in [1.29, 1.82) is 0 Å². The summed E-state index contributed by atoms with van der Waals surface area (Å²) in [4.78, 5) is 4.11. The number of benzene rings is 2. The average Bonchev–Trinajstić information content (AvgIpc) is 2.50. The fourth-order valence-electron chi connectivity index (χ4n) is 2.01. The van der Waals surface area contributed by atoms with Crippen molar-refractivity contribution in [2.24, 2.45) is 5.10 Å². The van der Waals surface area contributed by atoms with Gasteiger partial charge in [-0.2, -0.15) is 5.10 Å². The number of hydrogen-bond donors (Lipinski definition) is 2. The number of anilines is 1. The summed E-state index contributed by atoms with van der Waals surface area (Å²) in [6, 6.07) is 16.9. The van der Waals surface area contributed by atoms with Crippen molar-refractivity contribution in [2.45, 2.75) is 0 Å². The van der Waals surface area contributed by atoms with Gasteiger partial charge in [-0.1, -0.05) is 36.4 Å². The molecule has 0 fully saturated rings. The monoisotopic (exact) mass is 263 g/mol. The van der Waals surface area contributed by atoms with E-state index in [4.69, 9.17) is 0 Å². The van der Waals surface area contributed by atoms with Crippen LogP contribution in [0.4, 0.5) is 5.82 Å². The van der Waals surface area contributed by atoms with E-state index in [9.17, 15) is 5.11 Å². The smallest absolute Gasteiger partial charge is 0.146 e. The second-order valence-electron chi connectivity index (χ2n) is 4.30. The molecule has 4 heteroatoms. The number of nitrogens with one attached hydrogen (secondary N) is 1. The van der Waals surface area contributed by atoms with Crippen LogP contribution in [0.25, 0.3) is 10.8 Å². The molecule has 1 aromatic heterocycles. The molecule has 3 aromatic rings. The Morgan fingerprint density at radius 2 is 1.85 bits per heavy atom. The third-order valence-corrected chi connectivity index (χ3v) is 2.99. The Morgan fingerprint density at radius 1 is 1.00 bits per heavy atom. The van der Waals surface area contributed by atoms with Crippen LogP contribution in [0.2, 0.25) is 0 Å². The molecule has 0 aliphatic heterocycles. The molecule has 0 saturated carbocycles. The van der Waals surface area contributed by atoms with Gasteiger partial charge in [-0.05, 0) is 29.0 Å². The van der Waals surface area contributed by atoms with E-state index in [1.165, 1.54) is 0 Å². The SMILES string of the molecule is Oc1ccc2ccccc2c1/C=N/Nc1ccccn1. The number of nitrogens with zero attached hydrogens (tertiary/aromatic N) is 2. The highest BCUT2D eigenvalue weighted by atomic mass is 16.3. The second-order valence-corrected chi connectivity index (χ2v) is 4.30. The molecule has 2 aromatic carbocycles. The number of phenols is 1. The number of hydrogen-bond acceptors (Lipinski definition) is 4. The van der Waals surface area contributed by atoms with Crippen LogP contribution in [0.1, 0.15) is 5.56 Å². The Morgan fingerprint density at radius 3 is 2.70 bits per heavy atom. The van der Waals surface area contributed by atoms with Gasteiger partial charge >= 0.3 is 0 Å². The van der Waals surface area contributed by atoms with Crippen molar-refractivity contribution in [2.75, 3.05) is 5.43 Å². The van der Waals surface area contributed by atoms with Gasteiger partial charge in [0.15, 0.2) is 0 Å². The predicted octanol–water partition coefficient (Wildman–Crippen LogP) is 3.39. The van der Waals surface area contributed by atoms with E-state index >= 15 is 0 Å². The number of phenolic OH excluding ortho intramolecular Hbond substituents is 1. The van der Waals surface area contributed by atoms with E-state index in [1.807, 2.05) is 48.5 Å². The van der Waals surface area contributed by atoms with Crippen molar-refractivity contribution in [3.63, 3.8) is 0 Å². The summed E-state index contributed by atoms with van der Waals surface area (Å²) in [5.41, 5.74) is 3.52. The molecule has 3 rings (SSSR count). The van der Waals surface area contributed by atoms with Crippen LogP contribution in [0.5, 0.6) is 5.75 Å². The minimum Gasteiger partial charge on any atom is -0.507 e. The largest absolute Gasteiger partial charge is 0.507 e. The molecule has 0 amide bonds. The first-order chi connectivity index (χ1) is 9.84. The zero-order valence-corrected chi connectivity index (χ0v) is 10.7. The molecule has 0 spiro atoms. The normalized spacial score (nSPS) is 11.0. The molecule has 0 unspecified atom stereocenters. The Bertz CT molecular complexity index is 754. The summed E-state index contributed by atoms with van der Waals surface area (Å²) < 4.78 is 0. The molecule has 2 N–H and O–H groups in total. The molecule has 0 aliphatic carbocycles. The van der Waals surface area contributed by atoms with E-state index in [-0.39, 0.29) is 5.75 Å². The van der Waals surface area contributed by atoms with Crippen LogP contribution < -0.4 is 5.43 Å². The fraction of sp³-hybridized carbons (Fsp3) is 0. The van der Waals surface area contributed by atoms with Crippen LogP contribution in [-0.4, -0.2) is 16.3 Å². The third-order valence-electron chi connectivity index (χ3n) is 2.99. The Hall–Kier alpha value is -2.88. The molecular weight excluding hydrogens is 250 g/mol. The lowest BCUT2D eigenvalue weighted by molar-refractivity contribution is 0.475. The van der Waals surface area contributed by atoms with Crippen molar-refractivity contribution in [3.8, 4) is 5.75 Å². The summed E-state index contributed by atoms with van der Waals surface area (Å²) >= 11 is 0. The van der Waals surface area contributed by atoms with E-state index in [0.29, 0.717) is 11.4 Å². The lowest BCUT2D eigenvalue weighted by Crippen LogP contribution is -1.93. The topological polar surface area (TPSA) is 57.5 Å². The Labute approximate surface area is 116 Å². The van der Waals surface area contributed by atoms with Gasteiger partial charge in [-0.3, -0.25) is 5.43 Å². The standard InChI is InChI=1S/C16H13N3O/c20-15-9-8-12-5-1-2-6-13(12)14(15)11-18-19-16-7-3-4-10-17-16/h1-11,20H,(H,17,19)/b18-11+. The molecule has 0 saturated heterocycles. The Kier molecular flexibility index (Phi) is 3.29. The molecule has 0 aliphatic rings. The summed E-state index contributed by atoms with van der Waals surface area (Å²) in [6.45, 7) is 0. The first kappa shape index (κ1) is 12.2. The van der Waals surface area contributed by atoms with E-state index in [2.05, 4.69) is 15.5 Å². The van der Waals surface area contributed by atoms with Gasteiger partial charge in [-0.25, -0.2) is 4.98 Å². The number of aromatic hydroxyl groups is 1. The highest BCUT2D eigenvalue weighted by molar-refractivity contribution is 6.02. The maximum absolute atomic E-state index is 9.97. The molecule has 0 atom stereocenters. The third kappa shape index (κ3) is 2.44. The summed E-state index contributed by atoms with van der Waals surface area (Å²) in [5.74, 6) is 0.860. The number of aromatic nitrogens is 1. The van der Waals surface area contributed by atoms with Crippen LogP contribution >= 0.6 is 0 Å². The minimum absolute atomic E-state index is 0.204. The maximum atomic E-state index is 9.97. The molecule has 20 heavy (non-hydrogen) atoms. The summed E-state index contributed by atoms with van der Waals surface area (Å²) in [6.07, 6.45) is 3.29. The van der Waals surface area contributed by atoms with Crippen LogP contribution in [0.15, 0.2) is 65.9 Å². The molecule has 0 radical (unpaired) electrons. The van der Waals surface area contributed by atoms with Crippen LogP contribution in [0, 0.1) is 0 Å². The second kappa shape index (κ2) is 5.40. The predicted molar refractivity (Wildman–Crippen MR) is 81.1 cm³/mol. The first-order valence-corrected chi connectivity index (χ1v) is 6.25. The molecule has 0 bridgehead atoms. The van der Waals surface area contributed by atoms with E-state index in [0.717, 1.165) is 10.8 Å². The highest BCUT2D eigenvalue weighted by Crippen LogP contribution is 2.25.